The molecule has 0 radical (unpaired) electrons. The molecule has 0 atom stereocenters. The van der Waals surface area contributed by atoms with Gasteiger partial charge in [-0.05, 0) is 42.5 Å². The van der Waals surface area contributed by atoms with Crippen molar-refractivity contribution in [3.05, 3.63) is 64.1 Å². The fraction of sp³-hybridized carbons (Fsp3) is 0.333. The summed E-state index contributed by atoms with van der Waals surface area (Å²) >= 11 is 0. The highest BCUT2D eigenvalue weighted by atomic mass is 16.3. The molecule has 1 aliphatic rings. The zero-order valence-electron chi connectivity index (χ0n) is 13.1. The predicted octanol–water partition coefficient (Wildman–Crippen LogP) is 2.14. The van der Waals surface area contributed by atoms with Crippen LogP contribution in [0.25, 0.3) is 0 Å². The second kappa shape index (κ2) is 6.28. The molecule has 5 heteroatoms. The number of carbonyl (C=O) groups excluding carboxylic acids is 1. The number of benzene rings is 1. The number of pyridine rings is 1. The SMILES string of the molecule is Cn1cc(C(=O)N(Cc2ccc(O)cc2)CC2CC2)ccc1=O. The molecule has 5 nitrogen and oxygen atoms in total. The Morgan fingerprint density at radius 3 is 2.52 bits per heavy atom. The topological polar surface area (TPSA) is 62.5 Å². The predicted molar refractivity (Wildman–Crippen MR) is 87.3 cm³/mol. The monoisotopic (exact) mass is 312 g/mol. The van der Waals surface area contributed by atoms with Crippen LogP contribution in [-0.4, -0.2) is 27.0 Å². The summed E-state index contributed by atoms with van der Waals surface area (Å²) < 4.78 is 1.42. The first kappa shape index (κ1) is 15.3. The number of phenolic OH excluding ortho intramolecular Hbond substituents is 1. The van der Waals surface area contributed by atoms with Gasteiger partial charge in [-0.15, -0.1) is 0 Å². The molecule has 0 saturated heterocycles. The number of amides is 1. The molecule has 120 valence electrons. The molecule has 0 bridgehead atoms. The van der Waals surface area contributed by atoms with Gasteiger partial charge >= 0.3 is 0 Å². The molecule has 0 spiro atoms. The molecule has 1 aliphatic carbocycles. The Hall–Kier alpha value is -2.56. The van der Waals surface area contributed by atoms with Gasteiger partial charge in [0, 0.05) is 32.4 Å². The second-order valence-electron chi connectivity index (χ2n) is 6.16. The van der Waals surface area contributed by atoms with Gasteiger partial charge in [0.25, 0.3) is 5.91 Å². The number of phenols is 1. The smallest absolute Gasteiger partial charge is 0.255 e. The number of rotatable bonds is 5. The maximum atomic E-state index is 12.8. The van der Waals surface area contributed by atoms with Crippen molar-refractivity contribution in [2.24, 2.45) is 13.0 Å². The van der Waals surface area contributed by atoms with Crippen LogP contribution in [0, 0.1) is 5.92 Å². The summed E-state index contributed by atoms with van der Waals surface area (Å²) in [4.78, 5) is 26.1. The average molecular weight is 312 g/mol. The van der Waals surface area contributed by atoms with Crippen molar-refractivity contribution in [2.45, 2.75) is 19.4 Å². The van der Waals surface area contributed by atoms with Gasteiger partial charge in [0.2, 0.25) is 5.56 Å². The molecule has 1 saturated carbocycles. The van der Waals surface area contributed by atoms with Gasteiger partial charge in [0.1, 0.15) is 5.75 Å². The van der Waals surface area contributed by atoms with E-state index in [2.05, 4.69) is 0 Å². The van der Waals surface area contributed by atoms with Crippen LogP contribution < -0.4 is 5.56 Å². The Morgan fingerprint density at radius 2 is 1.91 bits per heavy atom. The van der Waals surface area contributed by atoms with E-state index in [9.17, 15) is 14.7 Å². The highest BCUT2D eigenvalue weighted by Crippen LogP contribution is 2.30. The van der Waals surface area contributed by atoms with Crippen LogP contribution in [-0.2, 0) is 13.6 Å². The van der Waals surface area contributed by atoms with Crippen LogP contribution in [0.3, 0.4) is 0 Å². The van der Waals surface area contributed by atoms with Crippen LogP contribution in [0.5, 0.6) is 5.75 Å². The Bertz CT molecular complexity index is 761. The maximum Gasteiger partial charge on any atom is 0.255 e. The minimum atomic E-state index is -0.131. The van der Waals surface area contributed by atoms with Crippen molar-refractivity contribution in [1.82, 2.24) is 9.47 Å². The molecular weight excluding hydrogens is 292 g/mol. The van der Waals surface area contributed by atoms with Crippen molar-refractivity contribution < 1.29 is 9.90 Å². The summed E-state index contributed by atoms with van der Waals surface area (Å²) in [7, 11) is 1.64. The zero-order valence-corrected chi connectivity index (χ0v) is 13.1. The van der Waals surface area contributed by atoms with E-state index < -0.39 is 0 Å². The summed E-state index contributed by atoms with van der Waals surface area (Å²) in [6.07, 6.45) is 3.90. The van der Waals surface area contributed by atoms with E-state index in [1.807, 2.05) is 17.0 Å². The largest absolute Gasteiger partial charge is 0.508 e. The van der Waals surface area contributed by atoms with Crippen molar-refractivity contribution in [3.8, 4) is 5.75 Å². The first-order valence-corrected chi connectivity index (χ1v) is 7.77. The summed E-state index contributed by atoms with van der Waals surface area (Å²) in [6, 6.07) is 9.90. The molecule has 2 aromatic rings. The number of hydrogen-bond acceptors (Lipinski definition) is 3. The Balaban J connectivity index is 1.82. The molecular formula is C18H20N2O3. The molecule has 3 rings (SSSR count). The van der Waals surface area contributed by atoms with Crippen molar-refractivity contribution in [2.75, 3.05) is 6.54 Å². The zero-order chi connectivity index (χ0) is 16.4. The van der Waals surface area contributed by atoms with Gasteiger partial charge in [-0.1, -0.05) is 12.1 Å². The van der Waals surface area contributed by atoms with Crippen LogP contribution in [0.2, 0.25) is 0 Å². The average Bonchev–Trinajstić information content (AvgIpc) is 3.35. The van der Waals surface area contributed by atoms with E-state index in [0.29, 0.717) is 18.0 Å². The van der Waals surface area contributed by atoms with Crippen molar-refractivity contribution in [1.29, 1.82) is 0 Å². The van der Waals surface area contributed by atoms with Crippen molar-refractivity contribution in [3.63, 3.8) is 0 Å². The van der Waals surface area contributed by atoms with E-state index in [1.165, 1.54) is 10.6 Å². The normalized spacial score (nSPS) is 13.8. The third-order valence-corrected chi connectivity index (χ3v) is 4.11. The summed E-state index contributed by atoms with van der Waals surface area (Å²) in [5.41, 5.74) is 1.36. The summed E-state index contributed by atoms with van der Waals surface area (Å²) in [6.45, 7) is 1.22. The fourth-order valence-electron chi connectivity index (χ4n) is 2.56. The quantitative estimate of drug-likeness (QED) is 0.920. The van der Waals surface area contributed by atoms with E-state index in [4.69, 9.17) is 0 Å². The highest BCUT2D eigenvalue weighted by molar-refractivity contribution is 5.93. The van der Waals surface area contributed by atoms with E-state index in [-0.39, 0.29) is 17.2 Å². The van der Waals surface area contributed by atoms with Crippen LogP contribution in [0.1, 0.15) is 28.8 Å². The number of nitrogens with zero attached hydrogens (tertiary/aromatic N) is 2. The Labute approximate surface area is 134 Å². The van der Waals surface area contributed by atoms with Crippen LogP contribution >= 0.6 is 0 Å². The summed E-state index contributed by atoms with van der Waals surface area (Å²) in [5.74, 6) is 0.719. The number of carbonyl (C=O) groups is 1. The standard InChI is InChI=1S/C18H20N2O3/c1-19-12-15(6-9-17(19)22)18(23)20(10-13-2-3-13)11-14-4-7-16(21)8-5-14/h4-9,12-13,21H,2-3,10-11H2,1H3. The van der Waals surface area contributed by atoms with E-state index in [1.54, 1.807) is 31.4 Å². The van der Waals surface area contributed by atoms with Crippen LogP contribution in [0.4, 0.5) is 0 Å². The molecule has 0 aliphatic heterocycles. The molecule has 1 heterocycles. The molecule has 1 fully saturated rings. The van der Waals surface area contributed by atoms with Gasteiger partial charge in [-0.3, -0.25) is 9.59 Å². The number of aromatic nitrogens is 1. The van der Waals surface area contributed by atoms with E-state index in [0.717, 1.165) is 24.9 Å². The molecule has 0 unspecified atom stereocenters. The van der Waals surface area contributed by atoms with Crippen molar-refractivity contribution >= 4 is 5.91 Å². The first-order chi connectivity index (χ1) is 11.0. The van der Waals surface area contributed by atoms with Gasteiger partial charge in [-0.25, -0.2) is 0 Å². The number of hydrogen-bond donors (Lipinski definition) is 1. The lowest BCUT2D eigenvalue weighted by molar-refractivity contribution is 0.0734. The third kappa shape index (κ3) is 3.80. The first-order valence-electron chi connectivity index (χ1n) is 7.77. The van der Waals surface area contributed by atoms with Gasteiger partial charge in [0.15, 0.2) is 0 Å². The minimum Gasteiger partial charge on any atom is -0.508 e. The van der Waals surface area contributed by atoms with E-state index >= 15 is 0 Å². The van der Waals surface area contributed by atoms with Gasteiger partial charge < -0.3 is 14.6 Å². The Morgan fingerprint density at radius 1 is 1.22 bits per heavy atom. The lowest BCUT2D eigenvalue weighted by Gasteiger charge is -2.23. The molecule has 23 heavy (non-hydrogen) atoms. The van der Waals surface area contributed by atoms with Crippen LogP contribution in [0.15, 0.2) is 47.4 Å². The van der Waals surface area contributed by atoms with Gasteiger partial charge in [0.05, 0.1) is 5.56 Å². The third-order valence-electron chi connectivity index (χ3n) is 4.11. The fourth-order valence-corrected chi connectivity index (χ4v) is 2.56. The molecule has 1 aromatic carbocycles. The number of aromatic hydroxyl groups is 1. The number of aryl methyl sites for hydroxylation is 1. The lowest BCUT2D eigenvalue weighted by Crippen LogP contribution is -2.33. The summed E-state index contributed by atoms with van der Waals surface area (Å²) in [5, 5.41) is 9.38. The minimum absolute atomic E-state index is 0.0689. The second-order valence-corrected chi connectivity index (χ2v) is 6.16. The molecule has 1 amide bonds. The molecule has 1 N–H and O–H groups in total. The highest BCUT2D eigenvalue weighted by Gasteiger charge is 2.27. The van der Waals surface area contributed by atoms with Gasteiger partial charge in [-0.2, -0.15) is 0 Å². The lowest BCUT2D eigenvalue weighted by atomic mass is 10.1. The molecule has 1 aromatic heterocycles. The Kier molecular flexibility index (Phi) is 4.19. The maximum absolute atomic E-state index is 12.8.